The topological polar surface area (TPSA) is 72.9 Å². The number of hydrogen-bond acceptors (Lipinski definition) is 5. The first-order valence-electron chi connectivity index (χ1n) is 9.88. The first-order valence-corrected chi connectivity index (χ1v) is 12.1. The van der Waals surface area contributed by atoms with Gasteiger partial charge in [-0.05, 0) is 73.0 Å². The van der Waals surface area contributed by atoms with Crippen molar-refractivity contribution in [2.75, 3.05) is 13.7 Å². The molecular formula is C23H28BrNO5S. The molecular weight excluding hydrogens is 482 g/mol. The predicted octanol–water partition coefficient (Wildman–Crippen LogP) is 4.82. The fourth-order valence-corrected chi connectivity index (χ4v) is 4.93. The number of halogens is 1. The van der Waals surface area contributed by atoms with Crippen LogP contribution < -0.4 is 4.74 Å². The smallest absolute Gasteiger partial charge is 0.274 e. The first-order chi connectivity index (χ1) is 14.7. The quantitative estimate of drug-likeness (QED) is 0.339. The minimum Gasteiger partial charge on any atom is -0.497 e. The van der Waals surface area contributed by atoms with Crippen molar-refractivity contribution in [1.82, 2.24) is 4.31 Å². The lowest BCUT2D eigenvalue weighted by Gasteiger charge is -2.26. The summed E-state index contributed by atoms with van der Waals surface area (Å²) in [6.07, 6.45) is 2.09. The summed E-state index contributed by atoms with van der Waals surface area (Å²) < 4.78 is 37.9. The maximum Gasteiger partial charge on any atom is 0.274 e. The summed E-state index contributed by atoms with van der Waals surface area (Å²) in [7, 11) is -2.35. The third kappa shape index (κ3) is 6.92. The number of methoxy groups -OCH3 is 1. The zero-order chi connectivity index (χ0) is 23.0. The molecule has 0 spiro atoms. The number of nitrogens with zero attached hydrogens (tertiary/aromatic N) is 1. The first kappa shape index (κ1) is 25.1. The van der Waals surface area contributed by atoms with Crippen LogP contribution in [-0.4, -0.2) is 38.4 Å². The van der Waals surface area contributed by atoms with Gasteiger partial charge in [-0.15, -0.1) is 0 Å². The van der Waals surface area contributed by atoms with E-state index in [1.807, 2.05) is 31.2 Å². The Hall–Kier alpha value is -2.16. The number of sulfonamides is 1. The lowest BCUT2D eigenvalue weighted by molar-refractivity contribution is -0.122. The Morgan fingerprint density at radius 3 is 2.26 bits per heavy atom. The van der Waals surface area contributed by atoms with Crippen LogP contribution >= 0.6 is 15.9 Å². The monoisotopic (exact) mass is 509 g/mol. The van der Waals surface area contributed by atoms with Crippen LogP contribution in [0.15, 0.2) is 64.0 Å². The van der Waals surface area contributed by atoms with Crippen LogP contribution in [0, 0.1) is 6.92 Å². The SMILES string of the molecule is COc1ccc(COCC/C=C(\Br)C(=O)N(C(C)C)S(=O)(=O)c2ccc(C)cc2)cc1. The Morgan fingerprint density at radius 1 is 1.10 bits per heavy atom. The minimum atomic E-state index is -3.97. The van der Waals surface area contributed by atoms with E-state index in [1.165, 1.54) is 12.1 Å². The van der Waals surface area contributed by atoms with Gasteiger partial charge in [0.15, 0.2) is 0 Å². The third-order valence-corrected chi connectivity index (χ3v) is 7.10. The second kappa shape index (κ2) is 11.5. The largest absolute Gasteiger partial charge is 0.497 e. The van der Waals surface area contributed by atoms with Gasteiger partial charge in [-0.1, -0.05) is 35.9 Å². The van der Waals surface area contributed by atoms with Gasteiger partial charge in [-0.2, -0.15) is 0 Å². The normalized spacial score (nSPS) is 12.1. The Morgan fingerprint density at radius 2 is 1.71 bits per heavy atom. The van der Waals surface area contributed by atoms with Gasteiger partial charge in [0.05, 0.1) is 29.7 Å². The molecule has 8 heteroatoms. The standard InChI is InChI=1S/C23H28BrNO5S/c1-17(2)25(31(27,28)21-13-7-18(3)8-14-21)23(26)22(24)6-5-15-30-16-19-9-11-20(29-4)12-10-19/h6-14,17H,5,15-16H2,1-4H3/b22-6-. The van der Waals surface area contributed by atoms with Crippen molar-refractivity contribution in [3.05, 3.63) is 70.2 Å². The predicted molar refractivity (Wildman–Crippen MR) is 125 cm³/mol. The van der Waals surface area contributed by atoms with Gasteiger partial charge in [-0.25, -0.2) is 12.7 Å². The molecule has 0 radical (unpaired) electrons. The van der Waals surface area contributed by atoms with E-state index in [2.05, 4.69) is 15.9 Å². The molecule has 0 saturated carbocycles. The summed E-state index contributed by atoms with van der Waals surface area (Å²) in [5.74, 6) is 0.176. The van der Waals surface area contributed by atoms with Crippen molar-refractivity contribution in [3.63, 3.8) is 0 Å². The fraction of sp³-hybridized carbons (Fsp3) is 0.348. The zero-order valence-corrected chi connectivity index (χ0v) is 20.6. The van der Waals surface area contributed by atoms with E-state index in [1.54, 1.807) is 39.2 Å². The number of rotatable bonds is 10. The average Bonchev–Trinajstić information content (AvgIpc) is 2.73. The lowest BCUT2D eigenvalue weighted by atomic mass is 10.2. The molecule has 2 rings (SSSR count). The van der Waals surface area contributed by atoms with E-state index < -0.39 is 22.0 Å². The van der Waals surface area contributed by atoms with Crippen molar-refractivity contribution < 1.29 is 22.7 Å². The summed E-state index contributed by atoms with van der Waals surface area (Å²) >= 11 is 3.24. The highest BCUT2D eigenvalue weighted by atomic mass is 79.9. The van der Waals surface area contributed by atoms with Crippen LogP contribution in [0.1, 0.15) is 31.4 Å². The van der Waals surface area contributed by atoms with Crippen LogP contribution in [0.3, 0.4) is 0 Å². The van der Waals surface area contributed by atoms with Crippen molar-refractivity contribution >= 4 is 31.9 Å². The van der Waals surface area contributed by atoms with Crippen LogP contribution in [0.5, 0.6) is 5.75 Å². The Balaban J connectivity index is 1.99. The van der Waals surface area contributed by atoms with Gasteiger partial charge in [0, 0.05) is 6.04 Å². The number of benzene rings is 2. The molecule has 0 bridgehead atoms. The fourth-order valence-electron chi connectivity index (χ4n) is 2.82. The van der Waals surface area contributed by atoms with Gasteiger partial charge in [0.25, 0.3) is 15.9 Å². The molecule has 2 aromatic rings. The van der Waals surface area contributed by atoms with Crippen molar-refractivity contribution in [3.8, 4) is 5.75 Å². The second-order valence-corrected chi connectivity index (χ2v) is 9.92. The summed E-state index contributed by atoms with van der Waals surface area (Å²) in [6.45, 7) is 6.03. The number of amides is 1. The highest BCUT2D eigenvalue weighted by molar-refractivity contribution is 9.12. The van der Waals surface area contributed by atoms with Crippen molar-refractivity contribution in [2.24, 2.45) is 0 Å². The van der Waals surface area contributed by atoms with E-state index in [-0.39, 0.29) is 9.38 Å². The number of carbonyl (C=O) groups is 1. The molecule has 0 aliphatic rings. The van der Waals surface area contributed by atoms with Gasteiger partial charge < -0.3 is 9.47 Å². The van der Waals surface area contributed by atoms with Crippen LogP contribution in [0.25, 0.3) is 0 Å². The van der Waals surface area contributed by atoms with Crippen LogP contribution in [0.4, 0.5) is 0 Å². The van der Waals surface area contributed by atoms with Gasteiger partial charge >= 0.3 is 0 Å². The van der Waals surface area contributed by atoms with E-state index in [0.717, 1.165) is 21.2 Å². The highest BCUT2D eigenvalue weighted by Gasteiger charge is 2.32. The lowest BCUT2D eigenvalue weighted by Crippen LogP contribution is -2.42. The van der Waals surface area contributed by atoms with E-state index in [0.29, 0.717) is 19.6 Å². The molecule has 0 unspecified atom stereocenters. The maximum atomic E-state index is 13.0. The third-order valence-electron chi connectivity index (χ3n) is 4.46. The Kier molecular flexibility index (Phi) is 9.28. The number of ether oxygens (including phenoxy) is 2. The van der Waals surface area contributed by atoms with Crippen molar-refractivity contribution in [1.29, 1.82) is 0 Å². The molecule has 6 nitrogen and oxygen atoms in total. The molecule has 31 heavy (non-hydrogen) atoms. The molecule has 0 heterocycles. The molecule has 2 aromatic carbocycles. The summed E-state index contributed by atoms with van der Waals surface area (Å²) in [5, 5.41) is 0. The van der Waals surface area contributed by atoms with Gasteiger partial charge in [-0.3, -0.25) is 4.79 Å². The summed E-state index contributed by atoms with van der Waals surface area (Å²) in [4.78, 5) is 13.0. The molecule has 168 valence electrons. The molecule has 0 saturated heterocycles. The van der Waals surface area contributed by atoms with Crippen LogP contribution in [0.2, 0.25) is 0 Å². The number of carbonyl (C=O) groups excluding carboxylic acids is 1. The zero-order valence-electron chi connectivity index (χ0n) is 18.2. The Bertz CT molecular complexity index is 999. The molecule has 0 atom stereocenters. The number of hydrogen-bond donors (Lipinski definition) is 0. The molecule has 1 amide bonds. The molecule has 0 aliphatic heterocycles. The summed E-state index contributed by atoms with van der Waals surface area (Å²) in [6, 6.07) is 13.5. The maximum absolute atomic E-state index is 13.0. The van der Waals surface area contributed by atoms with Gasteiger partial charge in [0.1, 0.15) is 5.75 Å². The van der Waals surface area contributed by atoms with E-state index in [9.17, 15) is 13.2 Å². The highest BCUT2D eigenvalue weighted by Crippen LogP contribution is 2.23. The molecule has 0 fully saturated rings. The van der Waals surface area contributed by atoms with E-state index >= 15 is 0 Å². The Labute approximate surface area is 193 Å². The average molecular weight is 510 g/mol. The molecule has 0 N–H and O–H groups in total. The van der Waals surface area contributed by atoms with Gasteiger partial charge in [0.2, 0.25) is 0 Å². The second-order valence-electron chi connectivity index (χ2n) is 7.25. The van der Waals surface area contributed by atoms with Crippen molar-refractivity contribution in [2.45, 2.75) is 44.7 Å². The number of aryl methyl sites for hydroxylation is 1. The minimum absolute atomic E-state index is 0.0864. The van der Waals surface area contributed by atoms with E-state index in [4.69, 9.17) is 9.47 Å². The summed E-state index contributed by atoms with van der Waals surface area (Å²) in [5.41, 5.74) is 1.95. The van der Waals surface area contributed by atoms with Crippen LogP contribution in [-0.2, 0) is 26.2 Å². The molecule has 0 aliphatic carbocycles. The molecule has 0 aromatic heterocycles.